The van der Waals surface area contributed by atoms with Crippen LogP contribution in [-0.4, -0.2) is 173 Å². The number of carboxylic acids is 1. The fourth-order valence-electron chi connectivity index (χ4n) is 7.86. The number of rotatable bonds is 41. The summed E-state index contributed by atoms with van der Waals surface area (Å²) in [4.78, 5) is 155. The molecule has 9 unspecified atom stereocenters. The molecule has 0 heterocycles. The summed E-state index contributed by atoms with van der Waals surface area (Å²) in [5.74, 6) is -11.0. The largest absolute Gasteiger partial charge is 0.480 e. The van der Waals surface area contributed by atoms with Crippen LogP contribution in [0.15, 0.2) is 40.3 Å². The number of thioether (sulfide) groups is 1. The highest BCUT2D eigenvalue weighted by atomic mass is 32.2. The van der Waals surface area contributed by atoms with E-state index in [1.165, 1.54) is 11.8 Å². The zero-order chi connectivity index (χ0) is 62.1. The summed E-state index contributed by atoms with van der Waals surface area (Å²) in [6, 6.07) is -4.53. The number of aliphatic hydroxyl groups is 1. The van der Waals surface area contributed by atoms with E-state index in [-0.39, 0.29) is 88.2 Å². The molecule has 0 aliphatic carbocycles. The highest BCUT2D eigenvalue weighted by Crippen LogP contribution is 2.13. The number of hydrogen-bond acceptors (Lipinski definition) is 16. The number of nitrogens with one attached hydrogen (secondary N) is 8. The van der Waals surface area contributed by atoms with E-state index in [1.807, 2.05) is 6.26 Å². The highest BCUT2D eigenvalue weighted by Gasteiger charge is 2.36. The van der Waals surface area contributed by atoms with Gasteiger partial charge in [-0.25, -0.2) is 4.79 Å². The van der Waals surface area contributed by atoms with Crippen LogP contribution in [0.2, 0.25) is 0 Å². The topological polar surface area (TPSA) is 531 Å². The Morgan fingerprint density at radius 1 is 0.488 bits per heavy atom. The number of nitrogens with two attached hydrogens (primary N) is 7. The molecular formula is C51H87N17O13S. The molecular weight excluding hydrogens is 1090 g/mol. The monoisotopic (exact) mass is 1180 g/mol. The minimum absolute atomic E-state index is 0.0236. The number of aliphatic imine (C=N–C) groups is 2. The Balaban J connectivity index is 3.69. The third-order valence-corrected chi connectivity index (χ3v) is 12.8. The number of benzene rings is 1. The number of nitrogens with zero attached hydrogens (tertiary/aromatic N) is 2. The molecule has 1 aromatic carbocycles. The van der Waals surface area contributed by atoms with E-state index in [4.69, 9.17) is 40.1 Å². The van der Waals surface area contributed by atoms with Crippen molar-refractivity contribution in [1.29, 1.82) is 0 Å². The first kappa shape index (κ1) is 72.2. The Hall–Kier alpha value is -7.80. The molecule has 31 heteroatoms. The molecule has 0 saturated carbocycles. The van der Waals surface area contributed by atoms with Crippen LogP contribution in [-0.2, 0) is 59.2 Å². The van der Waals surface area contributed by atoms with E-state index in [9.17, 15) is 63.0 Å². The Morgan fingerprint density at radius 3 is 1.23 bits per heavy atom. The van der Waals surface area contributed by atoms with Crippen molar-refractivity contribution in [2.24, 2.45) is 62.0 Å². The Labute approximate surface area is 481 Å². The van der Waals surface area contributed by atoms with Gasteiger partial charge in [-0.2, -0.15) is 11.8 Å². The van der Waals surface area contributed by atoms with Crippen molar-refractivity contribution in [3.8, 4) is 0 Å². The number of guanidine groups is 2. The van der Waals surface area contributed by atoms with Gasteiger partial charge in [0.2, 0.25) is 59.1 Å². The van der Waals surface area contributed by atoms with Gasteiger partial charge in [0, 0.05) is 32.4 Å². The summed E-state index contributed by atoms with van der Waals surface area (Å²) in [6.45, 7) is 6.14. The van der Waals surface area contributed by atoms with Crippen LogP contribution in [0, 0.1) is 11.8 Å². The third-order valence-electron chi connectivity index (χ3n) is 12.1. The molecule has 1 aromatic rings. The lowest BCUT2D eigenvalue weighted by Gasteiger charge is -2.28. The molecule has 24 N–H and O–H groups in total. The van der Waals surface area contributed by atoms with Crippen molar-refractivity contribution in [2.75, 3.05) is 31.7 Å². The molecule has 0 radical (unpaired) electrons. The average Bonchev–Trinajstić information content (AvgIpc) is 3.48. The molecule has 0 spiro atoms. The van der Waals surface area contributed by atoms with Crippen molar-refractivity contribution < 1.29 is 63.0 Å². The van der Waals surface area contributed by atoms with Gasteiger partial charge in [-0.3, -0.25) is 57.9 Å². The van der Waals surface area contributed by atoms with Gasteiger partial charge in [-0.05, 0) is 87.2 Å². The van der Waals surface area contributed by atoms with E-state index in [1.54, 1.807) is 58.0 Å². The zero-order valence-electron chi connectivity index (χ0n) is 47.3. The lowest BCUT2D eigenvalue weighted by molar-refractivity contribution is -0.142. The maximum Gasteiger partial charge on any atom is 0.326 e. The molecule has 460 valence electrons. The first-order chi connectivity index (χ1) is 38.6. The van der Waals surface area contributed by atoms with E-state index < -0.39 is 152 Å². The SMILES string of the molecule is CSCCC(N)C(=O)NC(CO)C(=O)NC(CC(C)C)C(=O)NC(CCC(N)=O)C(=O)NC(CCCN=C(N)N)C(=O)NC(CCC(N)=O)C(=O)NC(Cc1ccccc1)C(=O)NC(CC(C)C)C(=O)NC(CCCN=C(N)N)C(=O)O. The van der Waals surface area contributed by atoms with Gasteiger partial charge in [-0.1, -0.05) is 58.0 Å². The lowest BCUT2D eigenvalue weighted by Crippen LogP contribution is -2.61. The van der Waals surface area contributed by atoms with E-state index in [0.29, 0.717) is 11.3 Å². The van der Waals surface area contributed by atoms with Gasteiger partial charge >= 0.3 is 5.97 Å². The quantitative estimate of drug-likeness (QED) is 0.0166. The number of aliphatic carboxylic acids is 1. The number of carbonyl (C=O) groups excluding carboxylic acids is 10. The summed E-state index contributed by atoms with van der Waals surface area (Å²) in [5, 5.41) is 40.1. The van der Waals surface area contributed by atoms with Gasteiger partial charge in [-0.15, -0.1) is 0 Å². The van der Waals surface area contributed by atoms with Crippen LogP contribution < -0.4 is 82.7 Å². The fraction of sp³-hybridized carbons (Fsp3) is 0.627. The standard InChI is InChI=1S/C51H87N17O13S/c1-27(2)23-35(66-48(79)38(26-69)68-41(72)30(52)19-22-82-5)45(76)63-32(15-17-39(53)70)43(74)61-31(13-9-20-59-50(55)56)42(73)62-33(16-18-40(54)71)44(75)67-37(25-29-11-7-6-8-12-29)47(78)65-36(24-28(3)4)46(77)64-34(49(80)81)14-10-21-60-51(57)58/h6-8,11-12,27-28,30-38,69H,9-10,13-26,52H2,1-5H3,(H2,53,70)(H2,54,71)(H,61,74)(H,62,73)(H,63,76)(H,64,77)(H,65,78)(H,66,79)(H,67,75)(H,68,72)(H,80,81)(H4,55,56,59)(H4,57,58,60). The number of primary amides is 2. The molecule has 1 rings (SSSR count). The van der Waals surface area contributed by atoms with Crippen molar-refractivity contribution in [1.82, 2.24) is 42.5 Å². The fourth-order valence-corrected chi connectivity index (χ4v) is 8.35. The molecule has 82 heavy (non-hydrogen) atoms. The van der Waals surface area contributed by atoms with Gasteiger partial charge in [0.05, 0.1) is 12.6 Å². The number of aliphatic hydroxyl groups excluding tert-OH is 1. The summed E-state index contributed by atoms with van der Waals surface area (Å²) < 4.78 is 0. The Kier molecular flexibility index (Phi) is 34.1. The van der Waals surface area contributed by atoms with Crippen LogP contribution in [0.1, 0.15) is 104 Å². The summed E-state index contributed by atoms with van der Waals surface area (Å²) in [6.07, 6.45) is 0.0355. The molecule has 0 saturated heterocycles. The van der Waals surface area contributed by atoms with Gasteiger partial charge in [0.1, 0.15) is 48.3 Å². The first-order valence-corrected chi connectivity index (χ1v) is 28.2. The van der Waals surface area contributed by atoms with Crippen molar-refractivity contribution in [3.05, 3.63) is 35.9 Å². The molecule has 0 aliphatic rings. The van der Waals surface area contributed by atoms with Crippen LogP contribution in [0.4, 0.5) is 0 Å². The first-order valence-electron chi connectivity index (χ1n) is 26.8. The predicted molar refractivity (Wildman–Crippen MR) is 307 cm³/mol. The van der Waals surface area contributed by atoms with Gasteiger partial charge in [0.15, 0.2) is 11.9 Å². The second-order valence-electron chi connectivity index (χ2n) is 20.3. The molecule has 9 atom stereocenters. The number of hydrogen-bond donors (Lipinski definition) is 17. The van der Waals surface area contributed by atoms with Crippen LogP contribution >= 0.6 is 11.8 Å². The molecule has 0 aromatic heterocycles. The summed E-state index contributed by atoms with van der Waals surface area (Å²) in [5.41, 5.74) is 39.2. The number of carbonyl (C=O) groups is 11. The zero-order valence-corrected chi connectivity index (χ0v) is 48.1. The second kappa shape index (κ2) is 38.8. The molecule has 30 nitrogen and oxygen atoms in total. The maximum atomic E-state index is 14.4. The predicted octanol–water partition coefficient (Wildman–Crippen LogP) is -5.00. The third kappa shape index (κ3) is 30.1. The number of carboxylic acid groups (broad SMARTS) is 1. The Bertz CT molecular complexity index is 2340. The molecule has 0 fully saturated rings. The van der Waals surface area contributed by atoms with Gasteiger partial charge in [0.25, 0.3) is 0 Å². The minimum Gasteiger partial charge on any atom is -0.480 e. The molecule has 0 bridgehead atoms. The summed E-state index contributed by atoms with van der Waals surface area (Å²) in [7, 11) is 0. The van der Waals surface area contributed by atoms with E-state index >= 15 is 0 Å². The maximum absolute atomic E-state index is 14.4. The van der Waals surface area contributed by atoms with Crippen molar-refractivity contribution >= 4 is 88.7 Å². The smallest absolute Gasteiger partial charge is 0.326 e. The minimum atomic E-state index is -1.64. The Morgan fingerprint density at radius 2 is 0.841 bits per heavy atom. The van der Waals surface area contributed by atoms with Crippen LogP contribution in [0.5, 0.6) is 0 Å². The van der Waals surface area contributed by atoms with E-state index in [0.717, 1.165) is 0 Å². The highest BCUT2D eigenvalue weighted by molar-refractivity contribution is 7.98. The average molecular weight is 1180 g/mol. The number of amides is 10. The van der Waals surface area contributed by atoms with E-state index in [2.05, 4.69) is 52.5 Å². The summed E-state index contributed by atoms with van der Waals surface area (Å²) >= 11 is 1.45. The lowest BCUT2D eigenvalue weighted by atomic mass is 10.00. The van der Waals surface area contributed by atoms with Crippen molar-refractivity contribution in [3.63, 3.8) is 0 Å². The van der Waals surface area contributed by atoms with Crippen molar-refractivity contribution in [2.45, 2.75) is 159 Å². The van der Waals surface area contributed by atoms with Gasteiger partial charge < -0.3 is 92.9 Å². The molecule has 0 aliphatic heterocycles. The van der Waals surface area contributed by atoms with Crippen LogP contribution in [0.25, 0.3) is 0 Å². The molecule has 10 amide bonds. The normalized spacial score (nSPS) is 14.3. The van der Waals surface area contributed by atoms with Crippen LogP contribution in [0.3, 0.4) is 0 Å². The second-order valence-corrected chi connectivity index (χ2v) is 21.2.